The molecule has 0 radical (unpaired) electrons. The Morgan fingerprint density at radius 1 is 1.53 bits per heavy atom. The van der Waals surface area contributed by atoms with E-state index in [1.54, 1.807) is 12.1 Å². The van der Waals surface area contributed by atoms with E-state index in [0.29, 0.717) is 22.3 Å². The summed E-state index contributed by atoms with van der Waals surface area (Å²) in [5.41, 5.74) is 1.36. The van der Waals surface area contributed by atoms with Gasteiger partial charge in [0, 0.05) is 5.75 Å². The summed E-state index contributed by atoms with van der Waals surface area (Å²) in [6.07, 6.45) is 0. The molecule has 19 heavy (non-hydrogen) atoms. The average molecular weight is 301 g/mol. The molecule has 0 spiro atoms. The number of carboxylic acids is 1. The third-order valence-corrected chi connectivity index (χ3v) is 4.21. The average Bonchev–Trinajstić information content (AvgIpc) is 2.83. The predicted octanol–water partition coefficient (Wildman–Crippen LogP) is 2.64. The van der Waals surface area contributed by atoms with Crippen molar-refractivity contribution < 1.29 is 14.7 Å². The van der Waals surface area contributed by atoms with E-state index in [0.717, 1.165) is 5.56 Å². The van der Waals surface area contributed by atoms with Crippen molar-refractivity contribution >= 4 is 41.1 Å². The number of nitrogens with zero attached hydrogens (tertiary/aromatic N) is 1. The fourth-order valence-corrected chi connectivity index (χ4v) is 3.23. The van der Waals surface area contributed by atoms with Crippen LogP contribution in [0.5, 0.6) is 0 Å². The minimum absolute atomic E-state index is 0.367. The van der Waals surface area contributed by atoms with Gasteiger partial charge in [-0.2, -0.15) is 0 Å². The molecule has 1 atom stereocenters. The standard InChI is InChI=1S/C12H13ClN2O3S/c1-7-3-2-4-8(13)10(7)14-12(18)15-6-19-5-9(15)11(16)17/h2-4,9H,5-6H2,1H3,(H,14,18)(H,16,17)/t9-/m0/s1. The van der Waals surface area contributed by atoms with E-state index in [9.17, 15) is 9.59 Å². The lowest BCUT2D eigenvalue weighted by molar-refractivity contribution is -0.140. The van der Waals surface area contributed by atoms with Gasteiger partial charge in [-0.25, -0.2) is 9.59 Å². The molecular weight excluding hydrogens is 288 g/mol. The molecule has 0 bridgehead atoms. The lowest BCUT2D eigenvalue weighted by Crippen LogP contribution is -2.44. The van der Waals surface area contributed by atoms with Gasteiger partial charge in [0.2, 0.25) is 0 Å². The number of urea groups is 1. The van der Waals surface area contributed by atoms with Gasteiger partial charge in [0.15, 0.2) is 0 Å². The number of rotatable bonds is 2. The number of benzene rings is 1. The zero-order chi connectivity index (χ0) is 14.0. The molecule has 7 heteroatoms. The van der Waals surface area contributed by atoms with Crippen molar-refractivity contribution in [2.75, 3.05) is 16.9 Å². The Morgan fingerprint density at radius 3 is 2.89 bits per heavy atom. The highest BCUT2D eigenvalue weighted by Crippen LogP contribution is 2.27. The minimum Gasteiger partial charge on any atom is -0.480 e. The maximum Gasteiger partial charge on any atom is 0.327 e. The monoisotopic (exact) mass is 300 g/mol. The molecule has 102 valence electrons. The summed E-state index contributed by atoms with van der Waals surface area (Å²) in [5.74, 6) is -0.215. The first-order valence-electron chi connectivity index (χ1n) is 5.64. The van der Waals surface area contributed by atoms with Gasteiger partial charge in [0.05, 0.1) is 16.6 Å². The summed E-state index contributed by atoms with van der Waals surface area (Å²) in [5, 5.41) is 12.2. The second-order valence-corrected chi connectivity index (χ2v) is 5.59. The topological polar surface area (TPSA) is 69.6 Å². The molecule has 2 rings (SSSR count). The van der Waals surface area contributed by atoms with Crippen LogP contribution in [0.4, 0.5) is 10.5 Å². The summed E-state index contributed by atoms with van der Waals surface area (Å²) >= 11 is 7.44. The highest BCUT2D eigenvalue weighted by Gasteiger charge is 2.34. The van der Waals surface area contributed by atoms with E-state index in [1.807, 2.05) is 13.0 Å². The first-order chi connectivity index (χ1) is 9.00. The molecule has 2 N–H and O–H groups in total. The van der Waals surface area contributed by atoms with Crippen LogP contribution in [0.25, 0.3) is 0 Å². The highest BCUT2D eigenvalue weighted by atomic mass is 35.5. The Labute approximate surface area is 119 Å². The number of carbonyl (C=O) groups excluding carboxylic acids is 1. The summed E-state index contributed by atoms with van der Waals surface area (Å²) in [7, 11) is 0. The normalized spacial score (nSPS) is 18.4. The number of hydrogen-bond acceptors (Lipinski definition) is 3. The second-order valence-electron chi connectivity index (χ2n) is 4.19. The Bertz CT molecular complexity index is 503. The number of amides is 2. The number of carbonyl (C=O) groups is 2. The molecule has 1 saturated heterocycles. The summed E-state index contributed by atoms with van der Waals surface area (Å²) in [6.45, 7) is 1.83. The molecule has 2 amide bonds. The number of hydrogen-bond donors (Lipinski definition) is 2. The van der Waals surface area contributed by atoms with Crippen LogP contribution in [0.3, 0.4) is 0 Å². The molecular formula is C12H13ClN2O3S. The molecule has 0 unspecified atom stereocenters. The van der Waals surface area contributed by atoms with Crippen LogP contribution in [0, 0.1) is 6.92 Å². The highest BCUT2D eigenvalue weighted by molar-refractivity contribution is 7.99. The number of para-hydroxylation sites is 1. The van der Waals surface area contributed by atoms with E-state index < -0.39 is 18.0 Å². The van der Waals surface area contributed by atoms with E-state index in [4.69, 9.17) is 16.7 Å². The Hall–Kier alpha value is -1.40. The van der Waals surface area contributed by atoms with Crippen molar-refractivity contribution in [2.45, 2.75) is 13.0 Å². The molecule has 1 fully saturated rings. The van der Waals surface area contributed by atoms with Gasteiger partial charge < -0.3 is 15.3 Å². The fraction of sp³-hybridized carbons (Fsp3) is 0.333. The van der Waals surface area contributed by atoms with Crippen molar-refractivity contribution in [1.82, 2.24) is 4.90 Å². The van der Waals surface area contributed by atoms with E-state index >= 15 is 0 Å². The Morgan fingerprint density at radius 2 is 2.26 bits per heavy atom. The van der Waals surface area contributed by atoms with E-state index in [2.05, 4.69) is 5.32 Å². The molecule has 1 aliphatic heterocycles. The molecule has 1 aliphatic rings. The molecule has 0 saturated carbocycles. The van der Waals surface area contributed by atoms with E-state index in [-0.39, 0.29) is 0 Å². The first-order valence-corrected chi connectivity index (χ1v) is 7.17. The quantitative estimate of drug-likeness (QED) is 0.881. The molecule has 1 aromatic rings. The van der Waals surface area contributed by atoms with Gasteiger partial charge in [0.1, 0.15) is 6.04 Å². The minimum atomic E-state index is -0.990. The Kier molecular flexibility index (Phi) is 4.21. The smallest absolute Gasteiger partial charge is 0.327 e. The van der Waals surface area contributed by atoms with Crippen LogP contribution >= 0.6 is 23.4 Å². The molecule has 1 heterocycles. The van der Waals surface area contributed by atoms with Crippen molar-refractivity contribution in [3.63, 3.8) is 0 Å². The largest absolute Gasteiger partial charge is 0.480 e. The SMILES string of the molecule is Cc1cccc(Cl)c1NC(=O)N1CSC[C@H]1C(=O)O. The van der Waals surface area contributed by atoms with Gasteiger partial charge in [-0.15, -0.1) is 11.8 Å². The van der Waals surface area contributed by atoms with Crippen LogP contribution in [0.15, 0.2) is 18.2 Å². The van der Waals surface area contributed by atoms with Crippen LogP contribution in [0.2, 0.25) is 5.02 Å². The van der Waals surface area contributed by atoms with Gasteiger partial charge in [-0.3, -0.25) is 0 Å². The van der Waals surface area contributed by atoms with Gasteiger partial charge >= 0.3 is 12.0 Å². The lowest BCUT2D eigenvalue weighted by atomic mass is 10.2. The number of halogens is 1. The second kappa shape index (κ2) is 5.71. The number of thioether (sulfide) groups is 1. The first kappa shape index (κ1) is 14.0. The third kappa shape index (κ3) is 2.96. The number of aryl methyl sites for hydroxylation is 1. The summed E-state index contributed by atoms with van der Waals surface area (Å²) in [6, 6.07) is 4.08. The van der Waals surface area contributed by atoms with Gasteiger partial charge in [-0.05, 0) is 18.6 Å². The van der Waals surface area contributed by atoms with Crippen molar-refractivity contribution in [1.29, 1.82) is 0 Å². The van der Waals surface area contributed by atoms with Crippen LogP contribution < -0.4 is 5.32 Å². The maximum absolute atomic E-state index is 12.1. The number of nitrogens with one attached hydrogen (secondary N) is 1. The summed E-state index contributed by atoms with van der Waals surface area (Å²) in [4.78, 5) is 24.5. The maximum atomic E-state index is 12.1. The number of anilines is 1. The van der Waals surface area contributed by atoms with Crippen LogP contribution in [-0.2, 0) is 4.79 Å². The predicted molar refractivity (Wildman–Crippen MR) is 75.8 cm³/mol. The zero-order valence-corrected chi connectivity index (χ0v) is 11.8. The molecule has 1 aromatic carbocycles. The number of aliphatic carboxylic acids is 1. The Balaban J connectivity index is 2.15. The van der Waals surface area contributed by atoms with Gasteiger partial charge in [0.25, 0.3) is 0 Å². The number of carboxylic acid groups (broad SMARTS) is 1. The van der Waals surface area contributed by atoms with Gasteiger partial charge in [-0.1, -0.05) is 23.7 Å². The summed E-state index contributed by atoms with van der Waals surface area (Å²) < 4.78 is 0. The third-order valence-electron chi connectivity index (χ3n) is 2.88. The van der Waals surface area contributed by atoms with Crippen molar-refractivity contribution in [3.8, 4) is 0 Å². The van der Waals surface area contributed by atoms with E-state index in [1.165, 1.54) is 16.7 Å². The molecule has 0 aliphatic carbocycles. The molecule has 0 aromatic heterocycles. The lowest BCUT2D eigenvalue weighted by Gasteiger charge is -2.21. The van der Waals surface area contributed by atoms with Crippen LogP contribution in [0.1, 0.15) is 5.56 Å². The van der Waals surface area contributed by atoms with Crippen molar-refractivity contribution in [3.05, 3.63) is 28.8 Å². The van der Waals surface area contributed by atoms with Crippen molar-refractivity contribution in [2.24, 2.45) is 0 Å². The zero-order valence-electron chi connectivity index (χ0n) is 10.2. The molecule has 5 nitrogen and oxygen atoms in total. The van der Waals surface area contributed by atoms with Crippen LogP contribution in [-0.4, -0.2) is 39.7 Å². The fourth-order valence-electron chi connectivity index (χ4n) is 1.82.